The molecule has 0 spiro atoms. The van der Waals surface area contributed by atoms with Crippen LogP contribution in [0.2, 0.25) is 0 Å². The molecule has 1 aromatic carbocycles. The lowest BCUT2D eigenvalue weighted by Gasteiger charge is -2.28. The summed E-state index contributed by atoms with van der Waals surface area (Å²) in [6, 6.07) is 6.73. The fourth-order valence-electron chi connectivity index (χ4n) is 2.99. The third-order valence-corrected chi connectivity index (χ3v) is 5.83. The van der Waals surface area contributed by atoms with Gasteiger partial charge in [0, 0.05) is 6.04 Å². The van der Waals surface area contributed by atoms with E-state index in [1.54, 1.807) is 19.1 Å². The molecule has 4 nitrogen and oxygen atoms in total. The molecule has 1 fully saturated rings. The van der Waals surface area contributed by atoms with Gasteiger partial charge in [0.15, 0.2) is 0 Å². The monoisotopic (exact) mass is 306 g/mol. The number of aryl methyl sites for hydroxylation is 1. The molecule has 0 aromatic heterocycles. The number of hydrogen-bond acceptors (Lipinski definition) is 3. The van der Waals surface area contributed by atoms with Gasteiger partial charge >= 0.3 is 0 Å². The van der Waals surface area contributed by atoms with Crippen molar-refractivity contribution in [2.24, 2.45) is 5.92 Å². The van der Waals surface area contributed by atoms with E-state index in [1.165, 1.54) is 12.5 Å². The number of benzene rings is 1. The van der Waals surface area contributed by atoms with Gasteiger partial charge in [0.25, 0.3) is 0 Å². The quantitative estimate of drug-likeness (QED) is 0.929. The first-order chi connectivity index (χ1) is 9.96. The van der Waals surface area contributed by atoms with Crippen molar-refractivity contribution in [1.29, 1.82) is 5.26 Å². The van der Waals surface area contributed by atoms with Crippen LogP contribution in [-0.4, -0.2) is 14.5 Å². The number of nitrogens with zero attached hydrogens (tertiary/aromatic N) is 1. The Hall–Kier alpha value is -1.38. The predicted molar refractivity (Wildman–Crippen MR) is 82.3 cm³/mol. The maximum Gasteiger partial charge on any atom is 0.240 e. The van der Waals surface area contributed by atoms with Gasteiger partial charge in [0.05, 0.1) is 16.5 Å². The van der Waals surface area contributed by atoms with E-state index in [0.717, 1.165) is 25.7 Å². The van der Waals surface area contributed by atoms with E-state index < -0.39 is 10.0 Å². The minimum atomic E-state index is -3.50. The zero-order valence-electron chi connectivity index (χ0n) is 12.6. The van der Waals surface area contributed by atoms with Gasteiger partial charge in [-0.15, -0.1) is 0 Å². The Morgan fingerprint density at radius 3 is 2.76 bits per heavy atom. The van der Waals surface area contributed by atoms with Crippen LogP contribution in [0, 0.1) is 24.2 Å². The lowest BCUT2D eigenvalue weighted by atomic mass is 9.85. The van der Waals surface area contributed by atoms with Gasteiger partial charge in [-0.25, -0.2) is 13.1 Å². The van der Waals surface area contributed by atoms with Gasteiger partial charge in [-0.1, -0.05) is 26.2 Å². The highest BCUT2D eigenvalue weighted by Gasteiger charge is 2.25. The highest BCUT2D eigenvalue weighted by atomic mass is 32.2. The fraction of sp³-hybridized carbons (Fsp3) is 0.562. The highest BCUT2D eigenvalue weighted by Crippen LogP contribution is 2.27. The summed E-state index contributed by atoms with van der Waals surface area (Å²) in [6.45, 7) is 3.91. The Balaban J connectivity index is 2.15. The molecule has 2 rings (SSSR count). The van der Waals surface area contributed by atoms with Gasteiger partial charge in [-0.3, -0.25) is 0 Å². The van der Waals surface area contributed by atoms with Gasteiger partial charge in [-0.05, 0) is 49.4 Å². The third-order valence-electron chi connectivity index (χ3n) is 4.31. The first kappa shape index (κ1) is 16.0. The van der Waals surface area contributed by atoms with Crippen molar-refractivity contribution >= 4 is 10.0 Å². The SMILES string of the molecule is CCC1CCCC(NS(=O)(=O)c2ccc(C#N)c(C)c2)C1. The molecule has 0 heterocycles. The van der Waals surface area contributed by atoms with Crippen LogP contribution in [-0.2, 0) is 10.0 Å². The third kappa shape index (κ3) is 3.84. The molecule has 0 amide bonds. The van der Waals surface area contributed by atoms with Gasteiger partial charge in [0.1, 0.15) is 0 Å². The molecular weight excluding hydrogens is 284 g/mol. The maximum atomic E-state index is 12.5. The molecule has 0 radical (unpaired) electrons. The van der Waals surface area contributed by atoms with Gasteiger partial charge in [0.2, 0.25) is 10.0 Å². The minimum absolute atomic E-state index is 0.0321. The molecule has 21 heavy (non-hydrogen) atoms. The van der Waals surface area contributed by atoms with E-state index >= 15 is 0 Å². The van der Waals surface area contributed by atoms with Crippen molar-refractivity contribution in [3.8, 4) is 6.07 Å². The summed E-state index contributed by atoms with van der Waals surface area (Å²) in [5.41, 5.74) is 1.20. The number of hydrogen-bond donors (Lipinski definition) is 1. The summed E-state index contributed by atoms with van der Waals surface area (Å²) in [4.78, 5) is 0.248. The predicted octanol–water partition coefficient (Wildman–Crippen LogP) is 3.11. The average Bonchev–Trinajstić information content (AvgIpc) is 2.47. The van der Waals surface area contributed by atoms with Crippen LogP contribution in [0.15, 0.2) is 23.1 Å². The van der Waals surface area contributed by atoms with Gasteiger partial charge in [-0.2, -0.15) is 5.26 Å². The van der Waals surface area contributed by atoms with Crippen molar-refractivity contribution in [3.63, 3.8) is 0 Å². The smallest absolute Gasteiger partial charge is 0.208 e. The summed E-state index contributed by atoms with van der Waals surface area (Å²) in [5, 5.41) is 8.91. The summed E-state index contributed by atoms with van der Waals surface area (Å²) in [7, 11) is -3.50. The van der Waals surface area contributed by atoms with Crippen LogP contribution in [0.3, 0.4) is 0 Å². The molecule has 1 saturated carbocycles. The Labute approximate surface area is 127 Å². The second kappa shape index (κ2) is 6.59. The van der Waals surface area contributed by atoms with E-state index in [1.807, 2.05) is 0 Å². The van der Waals surface area contributed by atoms with Crippen LogP contribution in [0.5, 0.6) is 0 Å². The molecule has 1 aliphatic carbocycles. The molecule has 2 unspecified atom stereocenters. The van der Waals surface area contributed by atoms with Crippen molar-refractivity contribution in [1.82, 2.24) is 4.72 Å². The van der Waals surface area contributed by atoms with Crippen LogP contribution in [0.1, 0.15) is 50.2 Å². The molecule has 2 atom stereocenters. The number of nitrogens with one attached hydrogen (secondary N) is 1. The lowest BCUT2D eigenvalue weighted by molar-refractivity contribution is 0.301. The highest BCUT2D eigenvalue weighted by molar-refractivity contribution is 7.89. The van der Waals surface area contributed by atoms with Gasteiger partial charge < -0.3 is 0 Å². The Morgan fingerprint density at radius 2 is 2.14 bits per heavy atom. The largest absolute Gasteiger partial charge is 0.240 e. The standard InChI is InChI=1S/C16H22N2O2S/c1-3-13-5-4-6-15(10-13)18-21(19,20)16-8-7-14(11-17)12(2)9-16/h7-9,13,15,18H,3-6,10H2,1-2H3. The second-order valence-electron chi connectivity index (χ2n) is 5.85. The number of nitriles is 1. The first-order valence-electron chi connectivity index (χ1n) is 7.49. The van der Waals surface area contributed by atoms with Crippen LogP contribution in [0.4, 0.5) is 0 Å². The van der Waals surface area contributed by atoms with Crippen LogP contribution < -0.4 is 4.72 Å². The molecule has 114 valence electrons. The summed E-state index contributed by atoms with van der Waals surface area (Å²) in [6.07, 6.45) is 5.22. The number of sulfonamides is 1. The van der Waals surface area contributed by atoms with Crippen molar-refractivity contribution in [2.45, 2.75) is 56.9 Å². The second-order valence-corrected chi connectivity index (χ2v) is 7.56. The Kier molecular flexibility index (Phi) is 5.02. The first-order valence-corrected chi connectivity index (χ1v) is 8.97. The normalized spacial score (nSPS) is 22.7. The maximum absolute atomic E-state index is 12.5. The lowest BCUT2D eigenvalue weighted by Crippen LogP contribution is -2.38. The van der Waals surface area contributed by atoms with E-state index in [4.69, 9.17) is 5.26 Å². The Bertz CT molecular complexity index is 647. The molecule has 5 heteroatoms. The zero-order chi connectivity index (χ0) is 15.5. The zero-order valence-corrected chi connectivity index (χ0v) is 13.4. The van der Waals surface area contributed by atoms with E-state index in [9.17, 15) is 8.42 Å². The van der Waals surface area contributed by atoms with Crippen LogP contribution in [0.25, 0.3) is 0 Å². The number of rotatable bonds is 4. The van der Waals surface area contributed by atoms with E-state index in [2.05, 4.69) is 17.7 Å². The summed E-state index contributed by atoms with van der Waals surface area (Å²) in [5.74, 6) is 0.620. The van der Waals surface area contributed by atoms with Crippen molar-refractivity contribution < 1.29 is 8.42 Å². The summed E-state index contributed by atoms with van der Waals surface area (Å²) < 4.78 is 27.7. The molecule has 0 aliphatic heterocycles. The Morgan fingerprint density at radius 1 is 1.38 bits per heavy atom. The topological polar surface area (TPSA) is 70.0 Å². The van der Waals surface area contributed by atoms with E-state index in [0.29, 0.717) is 17.0 Å². The fourth-order valence-corrected chi connectivity index (χ4v) is 4.35. The summed E-state index contributed by atoms with van der Waals surface area (Å²) >= 11 is 0. The molecule has 1 aromatic rings. The molecule has 1 aliphatic rings. The van der Waals surface area contributed by atoms with Crippen LogP contribution >= 0.6 is 0 Å². The molecule has 0 bridgehead atoms. The molecule has 0 saturated heterocycles. The minimum Gasteiger partial charge on any atom is -0.208 e. The van der Waals surface area contributed by atoms with Crippen molar-refractivity contribution in [2.75, 3.05) is 0 Å². The molecule has 1 N–H and O–H groups in total. The average molecular weight is 306 g/mol. The van der Waals surface area contributed by atoms with Crippen molar-refractivity contribution in [3.05, 3.63) is 29.3 Å². The molecular formula is C16H22N2O2S. The van der Waals surface area contributed by atoms with E-state index in [-0.39, 0.29) is 10.9 Å².